The van der Waals surface area contributed by atoms with Gasteiger partial charge in [0.1, 0.15) is 5.75 Å². The van der Waals surface area contributed by atoms with E-state index in [0.29, 0.717) is 12.0 Å². The highest BCUT2D eigenvalue weighted by molar-refractivity contribution is 5.94. The zero-order valence-corrected chi connectivity index (χ0v) is 14.7. The van der Waals surface area contributed by atoms with Crippen LogP contribution >= 0.6 is 0 Å². The fourth-order valence-electron chi connectivity index (χ4n) is 5.19. The molecule has 3 aliphatic carbocycles. The summed E-state index contributed by atoms with van der Waals surface area (Å²) in [5, 5.41) is 3.24. The van der Waals surface area contributed by atoms with Crippen molar-refractivity contribution in [2.45, 2.75) is 70.4 Å². The van der Waals surface area contributed by atoms with E-state index >= 15 is 0 Å². The van der Waals surface area contributed by atoms with Crippen molar-refractivity contribution in [1.82, 2.24) is 5.32 Å². The molecule has 3 aliphatic rings. The highest BCUT2D eigenvalue weighted by Gasteiger charge is 2.42. The summed E-state index contributed by atoms with van der Waals surface area (Å²) in [7, 11) is 0. The number of carbonyl (C=O) groups excluding carboxylic acids is 1. The predicted molar refractivity (Wildman–Crippen MR) is 95.2 cm³/mol. The van der Waals surface area contributed by atoms with Crippen molar-refractivity contribution >= 4 is 5.91 Å². The Balaban J connectivity index is 1.32. The van der Waals surface area contributed by atoms with E-state index < -0.39 is 0 Å². The number of rotatable bonds is 5. The molecule has 3 heteroatoms. The van der Waals surface area contributed by atoms with E-state index in [4.69, 9.17) is 4.74 Å². The van der Waals surface area contributed by atoms with Gasteiger partial charge in [-0.2, -0.15) is 0 Å². The molecule has 4 rings (SSSR count). The van der Waals surface area contributed by atoms with Crippen LogP contribution in [0.25, 0.3) is 0 Å². The van der Waals surface area contributed by atoms with Gasteiger partial charge in [0.2, 0.25) is 0 Å². The number of fused-ring (bicyclic) bond motifs is 2. The first-order chi connectivity index (χ1) is 11.7. The molecule has 0 saturated heterocycles. The van der Waals surface area contributed by atoms with Crippen LogP contribution in [0.2, 0.25) is 0 Å². The SMILES string of the molecule is C[C@@H](NC(=O)c1ccc(OC2CCCC2)cc1)[C@@H]1C[C@H]2CC[C@H]1C2. The molecular formula is C21H29NO2. The number of hydrogen-bond donors (Lipinski definition) is 1. The molecule has 0 aromatic heterocycles. The van der Waals surface area contributed by atoms with Crippen LogP contribution in [0, 0.1) is 17.8 Å². The Morgan fingerprint density at radius 1 is 1.08 bits per heavy atom. The summed E-state index contributed by atoms with van der Waals surface area (Å²) in [6, 6.07) is 7.95. The molecular weight excluding hydrogens is 298 g/mol. The molecule has 0 radical (unpaired) electrons. The van der Waals surface area contributed by atoms with E-state index in [2.05, 4.69) is 12.2 Å². The van der Waals surface area contributed by atoms with Gasteiger partial charge in [0.05, 0.1) is 6.10 Å². The fourth-order valence-corrected chi connectivity index (χ4v) is 5.19. The van der Waals surface area contributed by atoms with Crippen LogP contribution in [0.1, 0.15) is 68.6 Å². The maximum Gasteiger partial charge on any atom is 0.251 e. The van der Waals surface area contributed by atoms with E-state index in [9.17, 15) is 4.79 Å². The monoisotopic (exact) mass is 327 g/mol. The van der Waals surface area contributed by atoms with Crippen molar-refractivity contribution in [3.05, 3.63) is 29.8 Å². The fraction of sp³-hybridized carbons (Fsp3) is 0.667. The first-order valence-electron chi connectivity index (χ1n) is 9.76. The van der Waals surface area contributed by atoms with Crippen molar-refractivity contribution in [3.63, 3.8) is 0 Å². The molecule has 3 nitrogen and oxygen atoms in total. The van der Waals surface area contributed by atoms with Crippen LogP contribution in [-0.4, -0.2) is 18.1 Å². The first kappa shape index (κ1) is 16.0. The molecule has 1 aromatic carbocycles. The van der Waals surface area contributed by atoms with Crippen molar-refractivity contribution < 1.29 is 9.53 Å². The van der Waals surface area contributed by atoms with Gasteiger partial charge in [-0.25, -0.2) is 0 Å². The number of ether oxygens (including phenoxy) is 1. The minimum atomic E-state index is 0.0534. The Bertz CT molecular complexity index is 576. The van der Waals surface area contributed by atoms with E-state index in [-0.39, 0.29) is 11.9 Å². The van der Waals surface area contributed by atoms with Gasteiger partial charge in [-0.05, 0) is 93.9 Å². The van der Waals surface area contributed by atoms with E-state index in [1.807, 2.05) is 24.3 Å². The quantitative estimate of drug-likeness (QED) is 0.861. The van der Waals surface area contributed by atoms with E-state index in [1.54, 1.807) is 0 Å². The Morgan fingerprint density at radius 3 is 2.46 bits per heavy atom. The maximum absolute atomic E-state index is 12.5. The highest BCUT2D eigenvalue weighted by Crippen LogP contribution is 2.49. The summed E-state index contributed by atoms with van der Waals surface area (Å²) in [4.78, 5) is 12.5. The summed E-state index contributed by atoms with van der Waals surface area (Å²) in [6.07, 6.45) is 10.7. The van der Waals surface area contributed by atoms with Crippen molar-refractivity contribution in [2.75, 3.05) is 0 Å². The topological polar surface area (TPSA) is 38.3 Å². The minimum Gasteiger partial charge on any atom is -0.490 e. The molecule has 0 aliphatic heterocycles. The first-order valence-corrected chi connectivity index (χ1v) is 9.76. The van der Waals surface area contributed by atoms with Gasteiger partial charge in [-0.15, -0.1) is 0 Å². The van der Waals surface area contributed by atoms with Gasteiger partial charge in [0.15, 0.2) is 0 Å². The van der Waals surface area contributed by atoms with Crippen molar-refractivity contribution in [1.29, 1.82) is 0 Å². The van der Waals surface area contributed by atoms with Gasteiger partial charge in [-0.3, -0.25) is 4.79 Å². The van der Waals surface area contributed by atoms with Crippen molar-refractivity contribution in [3.8, 4) is 5.75 Å². The third-order valence-electron chi connectivity index (χ3n) is 6.52. The molecule has 0 spiro atoms. The molecule has 2 bridgehead atoms. The second kappa shape index (κ2) is 6.78. The van der Waals surface area contributed by atoms with Gasteiger partial charge in [0, 0.05) is 11.6 Å². The molecule has 0 unspecified atom stereocenters. The number of carbonyl (C=O) groups is 1. The Kier molecular flexibility index (Phi) is 4.51. The lowest BCUT2D eigenvalue weighted by molar-refractivity contribution is 0.0915. The average molecular weight is 327 g/mol. The molecule has 3 saturated carbocycles. The molecule has 3 fully saturated rings. The normalized spacial score (nSPS) is 30.5. The Morgan fingerprint density at radius 2 is 1.83 bits per heavy atom. The van der Waals surface area contributed by atoms with Crippen LogP contribution in [0.4, 0.5) is 0 Å². The van der Waals surface area contributed by atoms with Gasteiger partial charge < -0.3 is 10.1 Å². The summed E-state index contributed by atoms with van der Waals surface area (Å²) >= 11 is 0. The molecule has 0 heterocycles. The molecule has 24 heavy (non-hydrogen) atoms. The summed E-state index contributed by atoms with van der Waals surface area (Å²) < 4.78 is 5.97. The lowest BCUT2D eigenvalue weighted by atomic mass is 9.84. The van der Waals surface area contributed by atoms with Gasteiger partial charge in [-0.1, -0.05) is 6.42 Å². The zero-order valence-electron chi connectivity index (χ0n) is 14.7. The average Bonchev–Trinajstić information content (AvgIpc) is 3.33. The molecule has 130 valence electrons. The smallest absolute Gasteiger partial charge is 0.251 e. The lowest BCUT2D eigenvalue weighted by Crippen LogP contribution is -2.40. The van der Waals surface area contributed by atoms with E-state index in [1.165, 1.54) is 38.5 Å². The maximum atomic E-state index is 12.5. The Hall–Kier alpha value is -1.51. The number of nitrogens with one attached hydrogen (secondary N) is 1. The van der Waals surface area contributed by atoms with Crippen LogP contribution in [0.15, 0.2) is 24.3 Å². The second-order valence-corrected chi connectivity index (χ2v) is 8.15. The second-order valence-electron chi connectivity index (χ2n) is 8.15. The minimum absolute atomic E-state index is 0.0534. The molecule has 1 amide bonds. The standard InChI is InChI=1S/C21H29NO2/c1-14(20-13-15-6-7-17(20)12-15)22-21(23)16-8-10-19(11-9-16)24-18-4-2-3-5-18/h8-11,14-15,17-18,20H,2-7,12-13H2,1H3,(H,22,23)/t14-,15+,17+,20+/m1/s1. The number of amides is 1. The van der Waals surface area contributed by atoms with Crippen LogP contribution in [-0.2, 0) is 0 Å². The third kappa shape index (κ3) is 3.31. The Labute approximate surface area is 145 Å². The predicted octanol–water partition coefficient (Wildman–Crippen LogP) is 4.56. The molecule has 4 atom stereocenters. The number of hydrogen-bond acceptors (Lipinski definition) is 2. The summed E-state index contributed by atoms with van der Waals surface area (Å²) in [6.45, 7) is 2.18. The van der Waals surface area contributed by atoms with Crippen molar-refractivity contribution in [2.24, 2.45) is 17.8 Å². The van der Waals surface area contributed by atoms with Crippen LogP contribution in [0.5, 0.6) is 5.75 Å². The highest BCUT2D eigenvalue weighted by atomic mass is 16.5. The third-order valence-corrected chi connectivity index (χ3v) is 6.52. The van der Waals surface area contributed by atoms with Crippen LogP contribution < -0.4 is 10.1 Å². The number of benzene rings is 1. The largest absolute Gasteiger partial charge is 0.490 e. The zero-order chi connectivity index (χ0) is 16.5. The van der Waals surface area contributed by atoms with Gasteiger partial charge in [0.25, 0.3) is 5.91 Å². The van der Waals surface area contributed by atoms with Crippen LogP contribution in [0.3, 0.4) is 0 Å². The summed E-state index contributed by atoms with van der Waals surface area (Å²) in [5.74, 6) is 3.38. The molecule has 1 aromatic rings. The summed E-state index contributed by atoms with van der Waals surface area (Å²) in [5.41, 5.74) is 0.740. The lowest BCUT2D eigenvalue weighted by Gasteiger charge is -2.28. The van der Waals surface area contributed by atoms with E-state index in [0.717, 1.165) is 36.0 Å². The molecule has 1 N–H and O–H groups in total. The van der Waals surface area contributed by atoms with Gasteiger partial charge >= 0.3 is 0 Å².